The minimum Gasteiger partial charge on any atom is -0.352 e. The van der Waals surface area contributed by atoms with Crippen LogP contribution in [0.15, 0.2) is 18.2 Å². The Morgan fingerprint density at radius 2 is 2.20 bits per heavy atom. The van der Waals surface area contributed by atoms with Gasteiger partial charge in [0.2, 0.25) is 0 Å². The van der Waals surface area contributed by atoms with E-state index in [1.54, 1.807) is 0 Å². The number of hydrogen-bond acceptors (Lipinski definition) is 4. The van der Waals surface area contributed by atoms with Crippen LogP contribution >= 0.6 is 0 Å². The first kappa shape index (κ1) is 15.3. The Labute approximate surface area is 123 Å². The molecule has 1 aromatic heterocycles. The number of nitrogens with zero attached hydrogens (tertiary/aromatic N) is 3. The lowest BCUT2D eigenvalue weighted by Gasteiger charge is -2.28. The van der Waals surface area contributed by atoms with E-state index >= 15 is 0 Å². The average Bonchev–Trinajstić information content (AvgIpc) is 2.84. The summed E-state index contributed by atoms with van der Waals surface area (Å²) >= 11 is 0. The van der Waals surface area contributed by atoms with Gasteiger partial charge in [-0.1, -0.05) is 19.9 Å². The summed E-state index contributed by atoms with van der Waals surface area (Å²) in [6, 6.07) is 7.48. The topological polar surface area (TPSA) is 31.4 Å². The first-order chi connectivity index (χ1) is 9.56. The van der Waals surface area contributed by atoms with Crippen molar-refractivity contribution in [2.24, 2.45) is 0 Å². The van der Waals surface area contributed by atoms with Crippen LogP contribution in [-0.2, 0) is 6.54 Å². The number of hydrogen-bond donors (Lipinski definition) is 1. The molecule has 0 spiro atoms. The molecule has 1 saturated heterocycles. The summed E-state index contributed by atoms with van der Waals surface area (Å²) in [5.74, 6) is 1.14. The third-order valence-electron chi connectivity index (χ3n) is 3.73. The van der Waals surface area contributed by atoms with Crippen molar-refractivity contribution in [3.63, 3.8) is 0 Å². The summed E-state index contributed by atoms with van der Waals surface area (Å²) in [6.45, 7) is 7.41. The average molecular weight is 276 g/mol. The van der Waals surface area contributed by atoms with Gasteiger partial charge in [0, 0.05) is 31.7 Å². The van der Waals surface area contributed by atoms with Crippen LogP contribution in [0, 0.1) is 0 Å². The van der Waals surface area contributed by atoms with E-state index in [9.17, 15) is 0 Å². The third kappa shape index (κ3) is 4.18. The van der Waals surface area contributed by atoms with Crippen LogP contribution in [0.5, 0.6) is 0 Å². The molecule has 1 atom stereocenters. The maximum absolute atomic E-state index is 4.83. The fraction of sp³-hybridized carbons (Fsp3) is 0.688. The molecule has 4 nitrogen and oxygen atoms in total. The second-order valence-electron chi connectivity index (χ2n) is 6.27. The Kier molecular flexibility index (Phi) is 5.38. The molecule has 2 rings (SSSR count). The molecule has 1 unspecified atom stereocenters. The molecule has 2 heterocycles. The third-order valence-corrected chi connectivity index (χ3v) is 3.73. The first-order valence-electron chi connectivity index (χ1n) is 7.67. The lowest BCUT2D eigenvalue weighted by molar-refractivity contribution is 0.371. The van der Waals surface area contributed by atoms with Gasteiger partial charge in [-0.3, -0.25) is 0 Å². The van der Waals surface area contributed by atoms with Crippen molar-refractivity contribution in [2.75, 3.05) is 32.1 Å². The first-order valence-corrected chi connectivity index (χ1v) is 7.67. The van der Waals surface area contributed by atoms with E-state index in [1.807, 2.05) is 0 Å². The van der Waals surface area contributed by atoms with Crippen molar-refractivity contribution >= 4 is 5.82 Å². The van der Waals surface area contributed by atoms with E-state index in [0.29, 0.717) is 12.1 Å². The fourth-order valence-electron chi connectivity index (χ4n) is 2.78. The molecule has 1 aromatic rings. The van der Waals surface area contributed by atoms with E-state index in [2.05, 4.69) is 61.3 Å². The number of aromatic nitrogens is 1. The molecule has 0 radical (unpaired) electrons. The minimum absolute atomic E-state index is 0.494. The van der Waals surface area contributed by atoms with Gasteiger partial charge in [-0.2, -0.15) is 0 Å². The van der Waals surface area contributed by atoms with Gasteiger partial charge < -0.3 is 15.1 Å². The highest BCUT2D eigenvalue weighted by Gasteiger charge is 2.25. The number of rotatable bonds is 6. The highest BCUT2D eigenvalue weighted by Crippen LogP contribution is 2.24. The molecule has 0 aliphatic carbocycles. The Balaban J connectivity index is 2.05. The van der Waals surface area contributed by atoms with Crippen molar-refractivity contribution in [1.29, 1.82) is 0 Å². The Morgan fingerprint density at radius 1 is 1.40 bits per heavy atom. The quantitative estimate of drug-likeness (QED) is 0.862. The minimum atomic E-state index is 0.494. The molecule has 1 aliphatic heterocycles. The highest BCUT2D eigenvalue weighted by atomic mass is 15.3. The molecular formula is C16H28N4. The van der Waals surface area contributed by atoms with Gasteiger partial charge in [-0.05, 0) is 39.1 Å². The molecular weight excluding hydrogens is 248 g/mol. The number of anilines is 1. The summed E-state index contributed by atoms with van der Waals surface area (Å²) < 4.78 is 0. The molecule has 112 valence electrons. The van der Waals surface area contributed by atoms with Gasteiger partial charge in [0.15, 0.2) is 0 Å². The second kappa shape index (κ2) is 7.04. The second-order valence-corrected chi connectivity index (χ2v) is 6.27. The summed E-state index contributed by atoms with van der Waals surface area (Å²) in [6.07, 6.45) is 2.54. The molecule has 4 heteroatoms. The van der Waals surface area contributed by atoms with Crippen LogP contribution in [-0.4, -0.2) is 49.2 Å². The summed E-state index contributed by atoms with van der Waals surface area (Å²) in [5.41, 5.74) is 1.13. The highest BCUT2D eigenvalue weighted by molar-refractivity contribution is 5.42. The van der Waals surface area contributed by atoms with Crippen LogP contribution < -0.4 is 10.2 Å². The van der Waals surface area contributed by atoms with Crippen LogP contribution in [0.1, 0.15) is 32.4 Å². The SMILES string of the molecule is CC(C)NCc1cccc(N2CCCC2CN(C)C)n1. The van der Waals surface area contributed by atoms with Gasteiger partial charge in [0.05, 0.1) is 5.69 Å². The molecule has 1 aliphatic rings. The zero-order chi connectivity index (χ0) is 14.5. The number of nitrogens with one attached hydrogen (secondary N) is 1. The number of likely N-dealkylation sites (N-methyl/N-ethyl adjacent to an activating group) is 1. The van der Waals surface area contributed by atoms with E-state index in [1.165, 1.54) is 12.8 Å². The predicted molar refractivity (Wildman–Crippen MR) is 85.1 cm³/mol. The van der Waals surface area contributed by atoms with Crippen molar-refractivity contribution in [1.82, 2.24) is 15.2 Å². The van der Waals surface area contributed by atoms with Crippen LogP contribution in [0.4, 0.5) is 5.82 Å². The summed E-state index contributed by atoms with van der Waals surface area (Å²) in [4.78, 5) is 9.57. The maximum atomic E-state index is 4.83. The molecule has 0 amide bonds. The van der Waals surface area contributed by atoms with Gasteiger partial charge in [0.25, 0.3) is 0 Å². The molecule has 1 fully saturated rings. The van der Waals surface area contributed by atoms with E-state index in [0.717, 1.165) is 31.1 Å². The molecule has 0 aromatic carbocycles. The molecule has 0 bridgehead atoms. The van der Waals surface area contributed by atoms with Gasteiger partial charge in [-0.15, -0.1) is 0 Å². The summed E-state index contributed by atoms with van der Waals surface area (Å²) in [7, 11) is 4.29. The van der Waals surface area contributed by atoms with Crippen molar-refractivity contribution in [3.8, 4) is 0 Å². The van der Waals surface area contributed by atoms with Crippen LogP contribution in [0.25, 0.3) is 0 Å². The molecule has 20 heavy (non-hydrogen) atoms. The van der Waals surface area contributed by atoms with Gasteiger partial charge in [0.1, 0.15) is 5.82 Å². The molecule has 0 saturated carbocycles. The molecule has 1 N–H and O–H groups in total. The van der Waals surface area contributed by atoms with Gasteiger partial charge >= 0.3 is 0 Å². The zero-order valence-corrected chi connectivity index (χ0v) is 13.3. The normalized spacial score (nSPS) is 19.3. The monoisotopic (exact) mass is 276 g/mol. The van der Waals surface area contributed by atoms with Crippen molar-refractivity contribution < 1.29 is 0 Å². The Hall–Kier alpha value is -1.13. The van der Waals surface area contributed by atoms with Crippen LogP contribution in [0.2, 0.25) is 0 Å². The predicted octanol–water partition coefficient (Wildman–Crippen LogP) is 2.11. The lowest BCUT2D eigenvalue weighted by atomic mass is 10.2. The van der Waals surface area contributed by atoms with Gasteiger partial charge in [-0.25, -0.2) is 4.98 Å². The standard InChI is InChI=1S/C16H28N4/c1-13(2)17-11-14-7-5-9-16(18-14)20-10-6-8-15(20)12-19(3)4/h5,7,9,13,15,17H,6,8,10-12H2,1-4H3. The number of pyridine rings is 1. The van der Waals surface area contributed by atoms with Crippen LogP contribution in [0.3, 0.4) is 0 Å². The van der Waals surface area contributed by atoms with Crippen molar-refractivity contribution in [3.05, 3.63) is 23.9 Å². The van der Waals surface area contributed by atoms with Crippen molar-refractivity contribution in [2.45, 2.75) is 45.3 Å². The summed E-state index contributed by atoms with van der Waals surface area (Å²) in [5, 5.41) is 3.43. The smallest absolute Gasteiger partial charge is 0.129 e. The zero-order valence-electron chi connectivity index (χ0n) is 13.3. The largest absolute Gasteiger partial charge is 0.352 e. The van der Waals surface area contributed by atoms with E-state index in [-0.39, 0.29) is 0 Å². The fourth-order valence-corrected chi connectivity index (χ4v) is 2.78. The maximum Gasteiger partial charge on any atom is 0.129 e. The lowest BCUT2D eigenvalue weighted by Crippen LogP contribution is -2.38. The Bertz CT molecular complexity index is 417. The van der Waals surface area contributed by atoms with E-state index in [4.69, 9.17) is 4.98 Å². The Morgan fingerprint density at radius 3 is 2.90 bits per heavy atom. The van der Waals surface area contributed by atoms with E-state index < -0.39 is 0 Å².